The quantitative estimate of drug-likeness (QED) is 0.202. The molecule has 0 atom stereocenters. The van der Waals surface area contributed by atoms with Crippen molar-refractivity contribution >= 4 is 62.7 Å². The molecule has 0 aliphatic carbocycles. The van der Waals surface area contributed by atoms with Crippen molar-refractivity contribution in [3.8, 4) is 10.6 Å². The molecule has 0 unspecified atom stereocenters. The van der Waals surface area contributed by atoms with Crippen LogP contribution in [0.3, 0.4) is 0 Å². The summed E-state index contributed by atoms with van der Waals surface area (Å²) in [6.07, 6.45) is 7.86. The van der Waals surface area contributed by atoms with Gasteiger partial charge in [-0.2, -0.15) is 0 Å². The van der Waals surface area contributed by atoms with E-state index in [0.717, 1.165) is 60.0 Å². The zero-order valence-corrected chi connectivity index (χ0v) is 29.3. The third-order valence-corrected chi connectivity index (χ3v) is 11.6. The smallest absolute Gasteiger partial charge is 0.267 e. The molecule has 8 rings (SSSR count). The predicted octanol–water partition coefficient (Wildman–Crippen LogP) is 6.60. The van der Waals surface area contributed by atoms with Crippen molar-refractivity contribution in [3.63, 3.8) is 0 Å². The minimum absolute atomic E-state index is 0.172. The van der Waals surface area contributed by atoms with Crippen LogP contribution in [0.25, 0.3) is 10.6 Å². The molecule has 7 heterocycles. The summed E-state index contributed by atoms with van der Waals surface area (Å²) in [6.45, 7) is 7.60. The van der Waals surface area contributed by atoms with E-state index in [4.69, 9.17) is 4.74 Å². The maximum atomic E-state index is 14.0. The first kappa shape index (κ1) is 32.2. The van der Waals surface area contributed by atoms with Crippen molar-refractivity contribution in [1.29, 1.82) is 0 Å². The summed E-state index contributed by atoms with van der Waals surface area (Å²) in [5, 5.41) is 6.46. The van der Waals surface area contributed by atoms with Crippen molar-refractivity contribution in [2.45, 2.75) is 33.1 Å². The molecule has 5 aromatic rings. The van der Waals surface area contributed by atoms with Crippen LogP contribution in [0.4, 0.5) is 22.3 Å². The van der Waals surface area contributed by atoms with Crippen molar-refractivity contribution in [2.24, 2.45) is 5.41 Å². The minimum atomic E-state index is -0.239. The fourth-order valence-corrected chi connectivity index (χ4v) is 8.69. The zero-order valence-electron chi connectivity index (χ0n) is 27.7. The normalized spacial score (nSPS) is 16.2. The molecule has 50 heavy (non-hydrogen) atoms. The Morgan fingerprint density at radius 1 is 0.900 bits per heavy atom. The van der Waals surface area contributed by atoms with E-state index < -0.39 is 0 Å². The van der Waals surface area contributed by atoms with Gasteiger partial charge in [0.2, 0.25) is 0 Å². The maximum Gasteiger partial charge on any atom is 0.267 e. The number of carbonyl (C=O) groups excluding carboxylic acids is 3. The highest BCUT2D eigenvalue weighted by atomic mass is 32.1. The number of fused-ring (bicyclic) bond motifs is 3. The number of hydrogen-bond donors (Lipinski definition) is 2. The molecule has 3 aliphatic rings. The molecule has 13 heteroatoms. The summed E-state index contributed by atoms with van der Waals surface area (Å²) in [6, 6.07) is 14.4. The predicted molar refractivity (Wildman–Crippen MR) is 196 cm³/mol. The number of amides is 3. The second kappa shape index (κ2) is 13.0. The first-order valence-electron chi connectivity index (χ1n) is 16.6. The monoisotopic (exact) mass is 705 g/mol. The van der Waals surface area contributed by atoms with E-state index in [1.54, 1.807) is 47.8 Å². The Bertz CT molecular complexity index is 2110. The van der Waals surface area contributed by atoms with Crippen LogP contribution in [0.15, 0.2) is 67.1 Å². The Kier molecular flexibility index (Phi) is 8.41. The summed E-state index contributed by atoms with van der Waals surface area (Å²) in [4.78, 5) is 60.5. The first-order chi connectivity index (χ1) is 24.2. The molecule has 2 fully saturated rings. The van der Waals surface area contributed by atoms with Gasteiger partial charge in [-0.1, -0.05) is 0 Å². The topological polar surface area (TPSA) is 130 Å². The second-order valence-corrected chi connectivity index (χ2v) is 15.4. The van der Waals surface area contributed by atoms with Crippen molar-refractivity contribution in [1.82, 2.24) is 15.0 Å². The van der Waals surface area contributed by atoms with Crippen LogP contribution < -0.4 is 20.4 Å². The second-order valence-electron chi connectivity index (χ2n) is 13.2. The molecule has 2 N–H and O–H groups in total. The molecular weight excluding hydrogens is 671 g/mol. The molecule has 4 aromatic heterocycles. The van der Waals surface area contributed by atoms with Gasteiger partial charge in [0.25, 0.3) is 17.7 Å². The van der Waals surface area contributed by atoms with E-state index in [1.165, 1.54) is 22.7 Å². The molecule has 11 nitrogen and oxygen atoms in total. The number of hydrogen-bond acceptors (Lipinski definition) is 10. The molecule has 0 radical (unpaired) electrons. The Balaban J connectivity index is 0.973. The van der Waals surface area contributed by atoms with Gasteiger partial charge < -0.3 is 19.9 Å². The lowest BCUT2D eigenvalue weighted by Gasteiger charge is -2.53. The Labute approximate surface area is 297 Å². The van der Waals surface area contributed by atoms with E-state index >= 15 is 0 Å². The number of nitrogens with one attached hydrogen (secondary N) is 2. The van der Waals surface area contributed by atoms with Crippen LogP contribution in [0.1, 0.15) is 59.2 Å². The average Bonchev–Trinajstić information content (AvgIpc) is 3.70. The third-order valence-electron chi connectivity index (χ3n) is 9.56. The van der Waals surface area contributed by atoms with E-state index in [0.29, 0.717) is 57.0 Å². The number of thiazole rings is 1. The zero-order chi connectivity index (χ0) is 34.4. The fourth-order valence-electron chi connectivity index (χ4n) is 6.92. The highest BCUT2D eigenvalue weighted by Gasteiger charge is 2.45. The molecule has 1 spiro atoms. The highest BCUT2D eigenvalue weighted by Crippen LogP contribution is 2.43. The number of carbonyl (C=O) groups is 3. The van der Waals surface area contributed by atoms with Gasteiger partial charge in [0.1, 0.15) is 11.5 Å². The van der Waals surface area contributed by atoms with E-state index in [2.05, 4.69) is 30.5 Å². The number of aryl methyl sites for hydroxylation is 2. The molecule has 0 bridgehead atoms. The molecule has 1 aromatic carbocycles. The molecule has 0 saturated carbocycles. The molecular formula is C37H35N7O4S2. The lowest BCUT2D eigenvalue weighted by molar-refractivity contribution is -0.000511. The molecule has 3 aliphatic heterocycles. The van der Waals surface area contributed by atoms with Gasteiger partial charge in [0, 0.05) is 73.0 Å². The van der Waals surface area contributed by atoms with Gasteiger partial charge >= 0.3 is 0 Å². The minimum Gasteiger partial charge on any atom is -0.381 e. The summed E-state index contributed by atoms with van der Waals surface area (Å²) >= 11 is 2.79. The Morgan fingerprint density at radius 2 is 1.70 bits per heavy atom. The van der Waals surface area contributed by atoms with Crippen molar-refractivity contribution < 1.29 is 19.1 Å². The third kappa shape index (κ3) is 6.16. The lowest BCUT2D eigenvalue weighted by Crippen LogP contribution is -2.59. The van der Waals surface area contributed by atoms with Gasteiger partial charge in [-0.15, -0.1) is 22.7 Å². The Hall–Kier alpha value is -4.98. The number of thiophene rings is 1. The number of pyridine rings is 2. The van der Waals surface area contributed by atoms with Gasteiger partial charge in [-0.3, -0.25) is 24.7 Å². The summed E-state index contributed by atoms with van der Waals surface area (Å²) < 4.78 is 5.56. The number of benzene rings is 1. The SMILES string of the molecule is Cc1cnc(N2CC3(CCOCC3)C2)c(C(=O)Nc2ccc(C(=O)N3CCc4cc(C(=O)Nc5ncc(C)s5)sc4-c4ncccc43)cc2)c1. The number of nitrogens with zero attached hydrogens (tertiary/aromatic N) is 5. The first-order valence-corrected chi connectivity index (χ1v) is 18.2. The molecule has 3 amide bonds. The van der Waals surface area contributed by atoms with Crippen LogP contribution >= 0.6 is 22.7 Å². The van der Waals surface area contributed by atoms with Crippen LogP contribution in [0.2, 0.25) is 0 Å². The standard InChI is InChI=1S/C37H35N7O4S2/c1-22-16-27(32(39-18-22)43-20-37(21-43)10-14-48-15-11-37)33(45)41-26-7-5-24(6-8-26)35(47)44-13-9-25-17-29(34(46)42-36-40-19-23(2)49-36)50-31(25)30-28(44)4-3-12-38-30/h3-8,12,16-19H,9-11,13-15,20-21H2,1-2H3,(H,41,45)(H,40,42,46). The van der Waals surface area contributed by atoms with Crippen LogP contribution in [0, 0.1) is 19.3 Å². The summed E-state index contributed by atoms with van der Waals surface area (Å²) in [7, 11) is 0. The Morgan fingerprint density at radius 3 is 2.46 bits per heavy atom. The number of ether oxygens (including phenoxy) is 1. The lowest BCUT2D eigenvalue weighted by atomic mass is 9.73. The van der Waals surface area contributed by atoms with Gasteiger partial charge in [-0.25, -0.2) is 9.97 Å². The average molecular weight is 706 g/mol. The van der Waals surface area contributed by atoms with Gasteiger partial charge in [0.05, 0.1) is 21.0 Å². The molecule has 2 saturated heterocycles. The van der Waals surface area contributed by atoms with Crippen LogP contribution in [-0.4, -0.2) is 65.5 Å². The van der Waals surface area contributed by atoms with E-state index in [1.807, 2.05) is 38.1 Å². The van der Waals surface area contributed by atoms with Gasteiger partial charge in [-0.05, 0) is 92.8 Å². The summed E-state index contributed by atoms with van der Waals surface area (Å²) in [5.74, 6) is 0.0706. The highest BCUT2D eigenvalue weighted by molar-refractivity contribution is 7.18. The van der Waals surface area contributed by atoms with E-state index in [-0.39, 0.29) is 23.1 Å². The molecule has 254 valence electrons. The summed E-state index contributed by atoms with van der Waals surface area (Å²) in [5.41, 5.74) is 5.08. The maximum absolute atomic E-state index is 14.0. The van der Waals surface area contributed by atoms with Gasteiger partial charge in [0.15, 0.2) is 5.13 Å². The van der Waals surface area contributed by atoms with Crippen LogP contribution in [-0.2, 0) is 11.2 Å². The van der Waals surface area contributed by atoms with Crippen molar-refractivity contribution in [2.75, 3.05) is 53.3 Å². The van der Waals surface area contributed by atoms with Crippen molar-refractivity contribution in [3.05, 3.63) is 99.1 Å². The van der Waals surface area contributed by atoms with E-state index in [9.17, 15) is 14.4 Å². The van der Waals surface area contributed by atoms with Crippen LogP contribution in [0.5, 0.6) is 0 Å². The number of rotatable bonds is 6. The fraction of sp³-hybridized carbons (Fsp3) is 0.297. The number of anilines is 4. The number of aromatic nitrogens is 3. The largest absolute Gasteiger partial charge is 0.381 e.